The first-order valence-corrected chi connectivity index (χ1v) is 11.5. The van der Waals surface area contributed by atoms with Gasteiger partial charge in [0.1, 0.15) is 23.0 Å². The predicted molar refractivity (Wildman–Crippen MR) is 101 cm³/mol. The Balaban J connectivity index is 1.74. The molecule has 0 radical (unpaired) electrons. The molecule has 0 saturated heterocycles. The SMILES string of the molecule is O=S(=O)(F)Oc1ccc(OC2(Oc3ccc(OS(=O)(=O)F)cc3)CCCCC2)cc1. The number of hydrogen-bond donors (Lipinski definition) is 0. The maximum absolute atomic E-state index is 12.6. The van der Waals surface area contributed by atoms with Crippen LogP contribution in [-0.4, -0.2) is 22.6 Å². The Bertz CT molecular complexity index is 981. The molecule has 0 spiro atoms. The minimum absolute atomic E-state index is 0.207. The van der Waals surface area contributed by atoms with Crippen molar-refractivity contribution in [3.63, 3.8) is 0 Å². The Morgan fingerprint density at radius 2 is 0.933 bits per heavy atom. The maximum Gasteiger partial charge on any atom is 0.488 e. The largest absolute Gasteiger partial charge is 0.488 e. The van der Waals surface area contributed by atoms with E-state index in [1.807, 2.05) is 0 Å². The summed E-state index contributed by atoms with van der Waals surface area (Å²) in [6.07, 6.45) is 3.78. The van der Waals surface area contributed by atoms with Gasteiger partial charge in [-0.15, -0.1) is 0 Å². The van der Waals surface area contributed by atoms with E-state index in [2.05, 4.69) is 8.37 Å². The Hall–Kier alpha value is -2.60. The van der Waals surface area contributed by atoms with Crippen molar-refractivity contribution >= 4 is 21.0 Å². The van der Waals surface area contributed by atoms with Crippen molar-refractivity contribution in [1.29, 1.82) is 0 Å². The highest BCUT2D eigenvalue weighted by Crippen LogP contribution is 2.36. The van der Waals surface area contributed by atoms with Crippen molar-refractivity contribution in [3.8, 4) is 23.0 Å². The van der Waals surface area contributed by atoms with Gasteiger partial charge in [0, 0.05) is 12.8 Å². The van der Waals surface area contributed by atoms with Crippen molar-refractivity contribution < 1.29 is 42.4 Å². The smallest absolute Gasteiger partial charge is 0.452 e. The van der Waals surface area contributed by atoms with Crippen LogP contribution in [0.25, 0.3) is 0 Å². The molecule has 1 fully saturated rings. The lowest BCUT2D eigenvalue weighted by molar-refractivity contribution is -0.137. The van der Waals surface area contributed by atoms with Gasteiger partial charge in [0.25, 0.3) is 5.79 Å². The van der Waals surface area contributed by atoms with E-state index in [-0.39, 0.29) is 11.5 Å². The summed E-state index contributed by atoms with van der Waals surface area (Å²) in [6, 6.07) is 10.6. The average Bonchev–Trinajstić information content (AvgIpc) is 2.63. The van der Waals surface area contributed by atoms with Crippen LogP contribution in [0.2, 0.25) is 0 Å². The second kappa shape index (κ2) is 8.64. The molecule has 0 aromatic heterocycles. The summed E-state index contributed by atoms with van der Waals surface area (Å²) in [5.74, 6) is -0.738. The molecule has 0 unspecified atom stereocenters. The summed E-state index contributed by atoms with van der Waals surface area (Å²) >= 11 is 0. The van der Waals surface area contributed by atoms with Gasteiger partial charge in [-0.05, 0) is 61.4 Å². The van der Waals surface area contributed by atoms with Crippen molar-refractivity contribution in [2.75, 3.05) is 0 Å². The molecule has 8 nitrogen and oxygen atoms in total. The summed E-state index contributed by atoms with van der Waals surface area (Å²) < 4.78 is 87.8. The van der Waals surface area contributed by atoms with Crippen LogP contribution in [0.3, 0.4) is 0 Å². The average molecular weight is 464 g/mol. The maximum atomic E-state index is 12.6. The zero-order valence-corrected chi connectivity index (χ0v) is 17.1. The highest BCUT2D eigenvalue weighted by atomic mass is 32.3. The molecule has 0 amide bonds. The molecule has 0 N–H and O–H groups in total. The van der Waals surface area contributed by atoms with Gasteiger partial charge in [-0.2, -0.15) is 16.8 Å². The van der Waals surface area contributed by atoms with Crippen molar-refractivity contribution in [3.05, 3.63) is 48.5 Å². The van der Waals surface area contributed by atoms with E-state index in [9.17, 15) is 24.6 Å². The van der Waals surface area contributed by atoms with Gasteiger partial charge >= 0.3 is 21.0 Å². The molecule has 2 aromatic rings. The van der Waals surface area contributed by atoms with E-state index < -0.39 is 26.8 Å². The fraction of sp³-hybridized carbons (Fsp3) is 0.333. The van der Waals surface area contributed by atoms with Crippen molar-refractivity contribution in [1.82, 2.24) is 0 Å². The second-order valence-electron chi connectivity index (χ2n) is 6.57. The molecule has 1 saturated carbocycles. The Labute approximate surface area is 173 Å². The fourth-order valence-electron chi connectivity index (χ4n) is 3.10. The highest BCUT2D eigenvalue weighted by Gasteiger charge is 2.37. The van der Waals surface area contributed by atoms with E-state index in [0.717, 1.165) is 19.3 Å². The van der Waals surface area contributed by atoms with E-state index in [0.29, 0.717) is 24.3 Å². The molecular formula is C18H18F2O8S2. The molecule has 0 heterocycles. The third-order valence-corrected chi connectivity index (χ3v) is 5.05. The van der Waals surface area contributed by atoms with Gasteiger partial charge in [0.05, 0.1) is 0 Å². The molecule has 12 heteroatoms. The van der Waals surface area contributed by atoms with Crippen LogP contribution in [0.15, 0.2) is 48.5 Å². The van der Waals surface area contributed by atoms with Crippen LogP contribution < -0.4 is 17.8 Å². The van der Waals surface area contributed by atoms with Gasteiger partial charge in [-0.1, -0.05) is 14.2 Å². The molecule has 0 atom stereocenters. The Morgan fingerprint density at radius 1 is 0.600 bits per heavy atom. The minimum Gasteiger partial charge on any atom is -0.452 e. The quantitative estimate of drug-likeness (QED) is 0.427. The lowest BCUT2D eigenvalue weighted by Crippen LogP contribution is -2.44. The molecule has 1 aliphatic rings. The Morgan fingerprint density at radius 3 is 1.27 bits per heavy atom. The minimum atomic E-state index is -5.12. The van der Waals surface area contributed by atoms with Crippen molar-refractivity contribution in [2.24, 2.45) is 0 Å². The standard InChI is InChI=1S/C18H18F2O8S2/c19-29(21,22)27-16-8-4-14(5-9-16)25-18(12-2-1-3-13-18)26-15-6-10-17(11-7-15)28-30(20,23)24/h4-11H,1-3,12-13H2. The first-order valence-electron chi connectivity index (χ1n) is 8.88. The van der Waals surface area contributed by atoms with Gasteiger partial charge in [0.15, 0.2) is 0 Å². The molecule has 2 aromatic carbocycles. The topological polar surface area (TPSA) is 105 Å². The number of benzene rings is 2. The van der Waals surface area contributed by atoms with Crippen LogP contribution >= 0.6 is 0 Å². The monoisotopic (exact) mass is 464 g/mol. The molecule has 164 valence electrons. The van der Waals surface area contributed by atoms with Crippen LogP contribution in [0, 0.1) is 0 Å². The predicted octanol–water partition coefficient (Wildman–Crippen LogP) is 3.99. The summed E-state index contributed by atoms with van der Waals surface area (Å²) in [5, 5.41) is 0. The molecule has 1 aliphatic carbocycles. The third-order valence-electron chi connectivity index (χ3n) is 4.26. The first kappa shape index (κ1) is 22.1. The fourth-order valence-corrected chi connectivity index (χ4v) is 3.78. The summed E-state index contributed by atoms with van der Waals surface area (Å²) in [5.41, 5.74) is 0. The zero-order chi connectivity index (χ0) is 21.8. The number of ether oxygens (including phenoxy) is 2. The number of hydrogen-bond acceptors (Lipinski definition) is 8. The van der Waals surface area contributed by atoms with Crippen LogP contribution in [0.5, 0.6) is 23.0 Å². The second-order valence-corrected chi connectivity index (χ2v) is 8.48. The molecule has 0 aliphatic heterocycles. The van der Waals surface area contributed by atoms with Gasteiger partial charge in [-0.25, -0.2) is 0 Å². The summed E-state index contributed by atoms with van der Waals surface area (Å²) in [4.78, 5) is 0. The zero-order valence-electron chi connectivity index (χ0n) is 15.5. The van der Waals surface area contributed by atoms with E-state index >= 15 is 0 Å². The lowest BCUT2D eigenvalue weighted by Gasteiger charge is -2.37. The first-order chi connectivity index (χ1) is 14.0. The molecule has 0 bridgehead atoms. The van der Waals surface area contributed by atoms with Crippen LogP contribution in [0.4, 0.5) is 7.77 Å². The van der Waals surface area contributed by atoms with Crippen LogP contribution in [-0.2, 0) is 21.0 Å². The summed E-state index contributed by atoms with van der Waals surface area (Å²) in [7, 11) is -10.2. The van der Waals surface area contributed by atoms with Gasteiger partial charge in [0.2, 0.25) is 0 Å². The number of halogens is 2. The number of rotatable bonds is 8. The highest BCUT2D eigenvalue weighted by molar-refractivity contribution is 7.82. The Kier molecular flexibility index (Phi) is 6.36. The van der Waals surface area contributed by atoms with E-state index in [1.54, 1.807) is 0 Å². The molecule has 30 heavy (non-hydrogen) atoms. The third kappa shape index (κ3) is 6.73. The van der Waals surface area contributed by atoms with E-state index in [1.165, 1.54) is 48.5 Å². The normalized spacial score (nSPS) is 16.5. The van der Waals surface area contributed by atoms with Crippen molar-refractivity contribution in [2.45, 2.75) is 37.9 Å². The summed E-state index contributed by atoms with van der Waals surface area (Å²) in [6.45, 7) is 0. The molecular weight excluding hydrogens is 446 g/mol. The van der Waals surface area contributed by atoms with Gasteiger partial charge in [-0.3, -0.25) is 0 Å². The lowest BCUT2D eigenvalue weighted by atomic mass is 9.94. The van der Waals surface area contributed by atoms with Gasteiger partial charge < -0.3 is 17.8 Å². The van der Waals surface area contributed by atoms with Crippen LogP contribution in [0.1, 0.15) is 32.1 Å². The molecule has 3 rings (SSSR count). The van der Waals surface area contributed by atoms with E-state index in [4.69, 9.17) is 9.47 Å².